The first kappa shape index (κ1) is 68.3. The van der Waals surface area contributed by atoms with Crippen molar-refractivity contribution < 1.29 is 28.6 Å². The fourth-order valence-electron chi connectivity index (χ4n) is 8.37. The van der Waals surface area contributed by atoms with Crippen molar-refractivity contribution in [2.24, 2.45) is 0 Å². The molecule has 6 heteroatoms. The summed E-state index contributed by atoms with van der Waals surface area (Å²) in [7, 11) is 0. The lowest BCUT2D eigenvalue weighted by Crippen LogP contribution is -2.30. The molecule has 0 aliphatic rings. The van der Waals surface area contributed by atoms with E-state index in [9.17, 15) is 14.4 Å². The highest BCUT2D eigenvalue weighted by atomic mass is 16.6. The number of unbranched alkanes of at least 4 members (excludes halogenated alkanes) is 27. The van der Waals surface area contributed by atoms with Crippen LogP contribution < -0.4 is 0 Å². The zero-order valence-corrected chi connectivity index (χ0v) is 47.2. The van der Waals surface area contributed by atoms with Crippen molar-refractivity contribution in [2.45, 2.75) is 290 Å². The number of esters is 3. The Morgan fingerprint density at radius 3 is 0.847 bits per heavy atom. The molecule has 0 fully saturated rings. The van der Waals surface area contributed by atoms with E-state index in [-0.39, 0.29) is 31.1 Å². The Morgan fingerprint density at radius 2 is 0.542 bits per heavy atom. The topological polar surface area (TPSA) is 78.9 Å². The fourth-order valence-corrected chi connectivity index (χ4v) is 8.37. The highest BCUT2D eigenvalue weighted by Crippen LogP contribution is 2.16. The average molecular weight is 1000 g/mol. The third-order valence-electron chi connectivity index (χ3n) is 12.8. The van der Waals surface area contributed by atoms with Crippen LogP contribution in [0, 0.1) is 0 Å². The lowest BCUT2D eigenvalue weighted by molar-refractivity contribution is -0.167. The number of ether oxygens (including phenoxy) is 3. The van der Waals surface area contributed by atoms with Gasteiger partial charge in [-0.15, -0.1) is 0 Å². The molecule has 1 atom stereocenters. The van der Waals surface area contributed by atoms with E-state index in [0.717, 1.165) is 122 Å². The molecule has 0 heterocycles. The molecule has 0 aliphatic heterocycles. The van der Waals surface area contributed by atoms with Crippen molar-refractivity contribution in [1.82, 2.24) is 0 Å². The number of carbonyl (C=O) groups excluding carboxylic acids is 3. The van der Waals surface area contributed by atoms with Gasteiger partial charge in [0.1, 0.15) is 13.2 Å². The van der Waals surface area contributed by atoms with Crippen LogP contribution in [-0.2, 0) is 28.6 Å². The summed E-state index contributed by atoms with van der Waals surface area (Å²) in [4.78, 5) is 37.9. The van der Waals surface area contributed by atoms with E-state index in [2.05, 4.69) is 118 Å². The molecule has 0 aliphatic carbocycles. The number of allylic oxidation sites excluding steroid dienone is 16. The van der Waals surface area contributed by atoms with Crippen LogP contribution in [0.2, 0.25) is 0 Å². The molecule has 0 radical (unpaired) electrons. The highest BCUT2D eigenvalue weighted by molar-refractivity contribution is 5.71. The first-order valence-electron chi connectivity index (χ1n) is 30.2. The van der Waals surface area contributed by atoms with E-state index in [1.165, 1.54) is 122 Å². The zero-order chi connectivity index (χ0) is 52.2. The summed E-state index contributed by atoms with van der Waals surface area (Å²) in [5.74, 6) is -0.913. The summed E-state index contributed by atoms with van der Waals surface area (Å²) in [5, 5.41) is 0. The van der Waals surface area contributed by atoms with E-state index in [1.54, 1.807) is 0 Å². The fraction of sp³-hybridized carbons (Fsp3) is 0.712. The summed E-state index contributed by atoms with van der Waals surface area (Å²) < 4.78 is 16.7. The van der Waals surface area contributed by atoms with Crippen LogP contribution >= 0.6 is 0 Å². The second-order valence-electron chi connectivity index (χ2n) is 19.9. The summed E-state index contributed by atoms with van der Waals surface area (Å²) >= 11 is 0. The van der Waals surface area contributed by atoms with Crippen molar-refractivity contribution in [2.75, 3.05) is 13.2 Å². The summed E-state index contributed by atoms with van der Waals surface area (Å²) in [6, 6.07) is 0. The van der Waals surface area contributed by atoms with E-state index in [1.807, 2.05) is 0 Å². The summed E-state index contributed by atoms with van der Waals surface area (Å²) in [6.07, 6.45) is 80.3. The molecule has 1 unspecified atom stereocenters. The van der Waals surface area contributed by atoms with Gasteiger partial charge in [-0.05, 0) is 96.3 Å². The molecule has 0 saturated carbocycles. The average Bonchev–Trinajstić information content (AvgIpc) is 3.38. The van der Waals surface area contributed by atoms with Crippen LogP contribution in [0.3, 0.4) is 0 Å². The van der Waals surface area contributed by atoms with Crippen LogP contribution in [0.25, 0.3) is 0 Å². The summed E-state index contributed by atoms with van der Waals surface area (Å²) in [5.41, 5.74) is 0. The van der Waals surface area contributed by atoms with E-state index < -0.39 is 6.10 Å². The number of hydrogen-bond acceptors (Lipinski definition) is 6. The minimum absolute atomic E-state index is 0.0850. The van der Waals surface area contributed by atoms with Crippen LogP contribution in [0.1, 0.15) is 284 Å². The number of carbonyl (C=O) groups is 3. The molecular formula is C66H112O6. The maximum Gasteiger partial charge on any atom is 0.306 e. The van der Waals surface area contributed by atoms with Gasteiger partial charge >= 0.3 is 17.9 Å². The third kappa shape index (κ3) is 57.2. The van der Waals surface area contributed by atoms with E-state index in [0.29, 0.717) is 19.3 Å². The van der Waals surface area contributed by atoms with Gasteiger partial charge in [-0.1, -0.05) is 266 Å². The third-order valence-corrected chi connectivity index (χ3v) is 12.8. The molecular weight excluding hydrogens is 889 g/mol. The lowest BCUT2D eigenvalue weighted by atomic mass is 10.0. The minimum atomic E-state index is -0.786. The molecule has 0 bridgehead atoms. The van der Waals surface area contributed by atoms with Crippen LogP contribution in [-0.4, -0.2) is 37.2 Å². The lowest BCUT2D eigenvalue weighted by Gasteiger charge is -2.18. The van der Waals surface area contributed by atoms with Crippen LogP contribution in [0.4, 0.5) is 0 Å². The molecule has 0 rings (SSSR count). The van der Waals surface area contributed by atoms with E-state index in [4.69, 9.17) is 14.2 Å². The molecule has 0 aromatic carbocycles. The maximum absolute atomic E-state index is 12.8. The monoisotopic (exact) mass is 1000 g/mol. The first-order valence-corrected chi connectivity index (χ1v) is 30.2. The Balaban J connectivity index is 4.04. The summed E-state index contributed by atoms with van der Waals surface area (Å²) in [6.45, 7) is 6.35. The minimum Gasteiger partial charge on any atom is -0.462 e. The first-order chi connectivity index (χ1) is 35.5. The van der Waals surface area contributed by atoms with Crippen molar-refractivity contribution in [3.8, 4) is 0 Å². The second-order valence-corrected chi connectivity index (χ2v) is 19.9. The van der Waals surface area contributed by atoms with Gasteiger partial charge in [0.2, 0.25) is 0 Å². The van der Waals surface area contributed by atoms with Crippen molar-refractivity contribution >= 4 is 17.9 Å². The number of rotatable bonds is 54. The van der Waals surface area contributed by atoms with Crippen molar-refractivity contribution in [3.05, 3.63) is 97.2 Å². The predicted molar refractivity (Wildman–Crippen MR) is 311 cm³/mol. The molecule has 0 N–H and O–H groups in total. The van der Waals surface area contributed by atoms with Crippen LogP contribution in [0.5, 0.6) is 0 Å². The Bertz CT molecular complexity index is 1430. The SMILES string of the molecule is CC/C=C\C/C=C\C/C=C\C/C=C\CCCCCCCCCCCCCCCCCCCCC(=O)OCC(COC(=O)CCCCCCCC)OC(=O)CCCCCC/C=C\C/C=C\C/C=C\C/C=C\CC. The van der Waals surface area contributed by atoms with Crippen molar-refractivity contribution in [3.63, 3.8) is 0 Å². The quantitative estimate of drug-likeness (QED) is 0.0261. The van der Waals surface area contributed by atoms with Gasteiger partial charge in [-0.3, -0.25) is 14.4 Å². The van der Waals surface area contributed by atoms with Gasteiger partial charge in [0, 0.05) is 19.3 Å². The standard InChI is InChI=1S/C66H112O6/c1-4-7-10-13-16-18-20-22-24-26-27-28-29-30-31-32-33-34-35-36-37-38-39-41-42-44-46-48-50-53-56-59-65(68)71-62-63(61-70-64(67)58-55-52-15-12-9-6-3)72-66(69)60-57-54-51-49-47-45-43-40-25-23-21-19-17-14-11-8-5-2/h7-8,10-11,16-19,22-25,27-28,43,45,63H,4-6,9,12-15,20-21,26,29-42,44,46-62H2,1-3H3/b10-7-,11-8-,18-16-,19-17-,24-22-,25-23-,28-27-,45-43-. The van der Waals surface area contributed by atoms with E-state index >= 15 is 0 Å². The van der Waals surface area contributed by atoms with Gasteiger partial charge in [0.05, 0.1) is 0 Å². The Labute approximate surface area is 445 Å². The normalized spacial score (nSPS) is 12.8. The molecule has 0 saturated heterocycles. The Hall–Kier alpha value is -3.67. The maximum atomic E-state index is 12.8. The molecule has 0 aromatic heterocycles. The molecule has 6 nitrogen and oxygen atoms in total. The molecule has 0 aromatic rings. The Morgan fingerprint density at radius 1 is 0.292 bits per heavy atom. The highest BCUT2D eigenvalue weighted by Gasteiger charge is 2.19. The smallest absolute Gasteiger partial charge is 0.306 e. The predicted octanol–water partition coefficient (Wildman–Crippen LogP) is 20.5. The van der Waals surface area contributed by atoms with Gasteiger partial charge in [-0.25, -0.2) is 0 Å². The second kappa shape index (κ2) is 59.9. The van der Waals surface area contributed by atoms with Gasteiger partial charge in [-0.2, -0.15) is 0 Å². The molecule has 412 valence electrons. The largest absolute Gasteiger partial charge is 0.462 e. The molecule has 0 spiro atoms. The van der Waals surface area contributed by atoms with Crippen molar-refractivity contribution in [1.29, 1.82) is 0 Å². The van der Waals surface area contributed by atoms with Gasteiger partial charge < -0.3 is 14.2 Å². The van der Waals surface area contributed by atoms with Crippen LogP contribution in [0.15, 0.2) is 97.2 Å². The van der Waals surface area contributed by atoms with Gasteiger partial charge in [0.15, 0.2) is 6.10 Å². The Kier molecular flexibility index (Phi) is 56.8. The van der Waals surface area contributed by atoms with Gasteiger partial charge in [0.25, 0.3) is 0 Å². The molecule has 72 heavy (non-hydrogen) atoms. The molecule has 0 amide bonds. The number of hydrogen-bond donors (Lipinski definition) is 0. The zero-order valence-electron chi connectivity index (χ0n) is 47.2.